The zero-order valence-corrected chi connectivity index (χ0v) is 16.9. The van der Waals surface area contributed by atoms with Gasteiger partial charge in [0, 0.05) is 30.1 Å². The largest absolute Gasteiger partial charge is 0.342 e. The molecular weight excluding hydrogens is 369 g/mol. The van der Waals surface area contributed by atoms with Crippen LogP contribution in [0.15, 0.2) is 29.1 Å². The number of hydrogen-bond acceptors (Lipinski definition) is 3. The number of carbonyl (C=O) groups excluding carboxylic acids is 1. The molecule has 1 fully saturated rings. The first-order chi connectivity index (χ1) is 14.0. The van der Waals surface area contributed by atoms with Crippen LogP contribution in [-0.4, -0.2) is 33.9 Å². The predicted molar refractivity (Wildman–Crippen MR) is 110 cm³/mol. The SMILES string of the molecule is CCCN(CC1CC1)C(=O)C1CCc2nc(-c3ccc(F)cc3)[nH]c(=O)c2CC1. The minimum Gasteiger partial charge on any atom is -0.342 e. The van der Waals surface area contributed by atoms with Crippen molar-refractivity contribution in [3.8, 4) is 11.4 Å². The average Bonchev–Trinajstić information content (AvgIpc) is 3.54. The molecule has 0 radical (unpaired) electrons. The van der Waals surface area contributed by atoms with Crippen molar-refractivity contribution in [1.29, 1.82) is 0 Å². The summed E-state index contributed by atoms with van der Waals surface area (Å²) in [6.07, 6.45) is 6.03. The summed E-state index contributed by atoms with van der Waals surface area (Å²) in [4.78, 5) is 35.4. The smallest absolute Gasteiger partial charge is 0.254 e. The fourth-order valence-electron chi connectivity index (χ4n) is 4.21. The normalized spacial score (nSPS) is 18.8. The van der Waals surface area contributed by atoms with Gasteiger partial charge in [-0.05, 0) is 75.1 Å². The van der Waals surface area contributed by atoms with E-state index in [4.69, 9.17) is 0 Å². The summed E-state index contributed by atoms with van der Waals surface area (Å²) in [5.41, 5.74) is 2.00. The topological polar surface area (TPSA) is 66.1 Å². The molecule has 154 valence electrons. The molecule has 5 nitrogen and oxygen atoms in total. The third-order valence-electron chi connectivity index (χ3n) is 6.02. The van der Waals surface area contributed by atoms with Crippen LogP contribution in [0, 0.1) is 17.7 Å². The van der Waals surface area contributed by atoms with E-state index >= 15 is 0 Å². The molecule has 1 N–H and O–H groups in total. The summed E-state index contributed by atoms with van der Waals surface area (Å²) in [7, 11) is 0. The molecule has 1 saturated carbocycles. The van der Waals surface area contributed by atoms with Gasteiger partial charge in [0.15, 0.2) is 0 Å². The predicted octanol–water partition coefficient (Wildman–Crippen LogP) is 3.72. The van der Waals surface area contributed by atoms with E-state index < -0.39 is 0 Å². The highest BCUT2D eigenvalue weighted by atomic mass is 19.1. The fourth-order valence-corrected chi connectivity index (χ4v) is 4.21. The third-order valence-corrected chi connectivity index (χ3v) is 6.02. The average molecular weight is 397 g/mol. The number of H-pyrrole nitrogens is 1. The van der Waals surface area contributed by atoms with Crippen molar-refractivity contribution in [1.82, 2.24) is 14.9 Å². The number of carbonyl (C=O) groups is 1. The van der Waals surface area contributed by atoms with Crippen LogP contribution in [0.3, 0.4) is 0 Å². The summed E-state index contributed by atoms with van der Waals surface area (Å²) < 4.78 is 13.2. The lowest BCUT2D eigenvalue weighted by Gasteiger charge is -2.26. The van der Waals surface area contributed by atoms with Crippen LogP contribution in [0.1, 0.15) is 50.3 Å². The number of aryl methyl sites for hydroxylation is 1. The van der Waals surface area contributed by atoms with Crippen LogP contribution >= 0.6 is 0 Å². The highest BCUT2D eigenvalue weighted by molar-refractivity contribution is 5.79. The van der Waals surface area contributed by atoms with E-state index in [0.717, 1.165) is 31.6 Å². The maximum Gasteiger partial charge on any atom is 0.254 e. The molecular formula is C23H28FN3O2. The maximum absolute atomic E-state index is 13.2. The molecule has 4 rings (SSSR count). The summed E-state index contributed by atoms with van der Waals surface area (Å²) in [6.45, 7) is 3.80. The van der Waals surface area contributed by atoms with Gasteiger partial charge in [-0.2, -0.15) is 0 Å². The molecule has 6 heteroatoms. The van der Waals surface area contributed by atoms with Gasteiger partial charge < -0.3 is 9.88 Å². The Kier molecular flexibility index (Phi) is 5.79. The maximum atomic E-state index is 13.2. The van der Waals surface area contributed by atoms with Crippen molar-refractivity contribution in [2.24, 2.45) is 11.8 Å². The number of fused-ring (bicyclic) bond motifs is 1. The van der Waals surface area contributed by atoms with Crippen molar-refractivity contribution >= 4 is 5.91 Å². The van der Waals surface area contributed by atoms with Crippen molar-refractivity contribution in [2.45, 2.75) is 51.9 Å². The Morgan fingerprint density at radius 1 is 1.17 bits per heavy atom. The van der Waals surface area contributed by atoms with Crippen LogP contribution in [0.5, 0.6) is 0 Å². The molecule has 1 atom stereocenters. The number of halogens is 1. The lowest BCUT2D eigenvalue weighted by molar-refractivity contribution is -0.136. The second-order valence-corrected chi connectivity index (χ2v) is 8.35. The number of benzene rings is 1. The van der Waals surface area contributed by atoms with E-state index in [1.54, 1.807) is 12.1 Å². The van der Waals surface area contributed by atoms with E-state index in [1.807, 2.05) is 4.90 Å². The Morgan fingerprint density at radius 2 is 1.90 bits per heavy atom. The zero-order chi connectivity index (χ0) is 20.4. The first-order valence-electron chi connectivity index (χ1n) is 10.7. The second-order valence-electron chi connectivity index (χ2n) is 8.35. The van der Waals surface area contributed by atoms with Gasteiger partial charge in [0.25, 0.3) is 5.56 Å². The second kappa shape index (κ2) is 8.47. The molecule has 0 saturated heterocycles. The molecule has 2 aliphatic carbocycles. The minimum atomic E-state index is -0.324. The van der Waals surface area contributed by atoms with Gasteiger partial charge in [0.05, 0.1) is 5.69 Å². The number of hydrogen-bond donors (Lipinski definition) is 1. The van der Waals surface area contributed by atoms with Crippen LogP contribution in [0.2, 0.25) is 0 Å². The number of aromatic amines is 1. The molecule has 2 aliphatic rings. The number of amides is 1. The van der Waals surface area contributed by atoms with Crippen LogP contribution in [0.25, 0.3) is 11.4 Å². The summed E-state index contributed by atoms with van der Waals surface area (Å²) in [5, 5.41) is 0. The first-order valence-corrected chi connectivity index (χ1v) is 10.7. The molecule has 1 aromatic carbocycles. The summed E-state index contributed by atoms with van der Waals surface area (Å²) >= 11 is 0. The van der Waals surface area contributed by atoms with Gasteiger partial charge >= 0.3 is 0 Å². The lowest BCUT2D eigenvalue weighted by Crippen LogP contribution is -2.38. The van der Waals surface area contributed by atoms with Gasteiger partial charge in [-0.25, -0.2) is 9.37 Å². The van der Waals surface area contributed by atoms with Crippen LogP contribution in [0.4, 0.5) is 4.39 Å². The van der Waals surface area contributed by atoms with Crippen molar-refractivity contribution in [3.63, 3.8) is 0 Å². The molecule has 1 aromatic heterocycles. The van der Waals surface area contributed by atoms with E-state index in [9.17, 15) is 14.0 Å². The Bertz CT molecular complexity index is 934. The van der Waals surface area contributed by atoms with E-state index in [0.29, 0.717) is 42.1 Å². The fraction of sp³-hybridized carbons (Fsp3) is 0.522. The van der Waals surface area contributed by atoms with Gasteiger partial charge in [-0.3, -0.25) is 9.59 Å². The molecule has 2 aromatic rings. The first kappa shape index (κ1) is 19.8. The van der Waals surface area contributed by atoms with Gasteiger partial charge in [0.2, 0.25) is 5.91 Å². The van der Waals surface area contributed by atoms with Crippen LogP contribution in [-0.2, 0) is 17.6 Å². The Balaban J connectivity index is 1.52. The zero-order valence-electron chi connectivity index (χ0n) is 16.9. The minimum absolute atomic E-state index is 0.0526. The van der Waals surface area contributed by atoms with E-state index in [-0.39, 0.29) is 23.2 Å². The van der Waals surface area contributed by atoms with Crippen molar-refractivity contribution < 1.29 is 9.18 Å². The number of nitrogens with zero attached hydrogens (tertiary/aromatic N) is 2. The van der Waals surface area contributed by atoms with Gasteiger partial charge in [0.1, 0.15) is 11.6 Å². The van der Waals surface area contributed by atoms with Gasteiger partial charge in [-0.15, -0.1) is 0 Å². The summed E-state index contributed by atoms with van der Waals surface area (Å²) in [6, 6.07) is 5.95. The molecule has 1 heterocycles. The number of aromatic nitrogens is 2. The molecule has 0 bridgehead atoms. The molecule has 0 aliphatic heterocycles. The van der Waals surface area contributed by atoms with Crippen LogP contribution < -0.4 is 5.56 Å². The summed E-state index contributed by atoms with van der Waals surface area (Å²) in [5.74, 6) is 0.996. The monoisotopic (exact) mass is 397 g/mol. The Hall–Kier alpha value is -2.50. The number of nitrogens with one attached hydrogen (secondary N) is 1. The quantitative estimate of drug-likeness (QED) is 0.756. The van der Waals surface area contributed by atoms with E-state index in [2.05, 4.69) is 16.9 Å². The molecule has 1 amide bonds. The molecule has 1 unspecified atom stereocenters. The Labute approximate surface area is 170 Å². The number of rotatable bonds is 6. The highest BCUT2D eigenvalue weighted by Gasteiger charge is 2.31. The highest BCUT2D eigenvalue weighted by Crippen LogP contribution is 2.31. The molecule has 29 heavy (non-hydrogen) atoms. The van der Waals surface area contributed by atoms with Crippen molar-refractivity contribution in [3.05, 3.63) is 51.7 Å². The van der Waals surface area contributed by atoms with E-state index in [1.165, 1.54) is 25.0 Å². The molecule has 0 spiro atoms. The van der Waals surface area contributed by atoms with Gasteiger partial charge in [-0.1, -0.05) is 6.92 Å². The standard InChI is InChI=1S/C23H28FN3O2/c1-2-13-27(14-15-3-4-15)23(29)17-7-11-19-20(12-8-17)25-21(26-22(19)28)16-5-9-18(24)10-6-16/h5-6,9-10,15,17H,2-4,7-8,11-14H2,1H3,(H,25,26,28). The Morgan fingerprint density at radius 3 is 2.59 bits per heavy atom. The van der Waals surface area contributed by atoms with Crippen molar-refractivity contribution in [2.75, 3.05) is 13.1 Å². The third kappa shape index (κ3) is 4.57. The lowest BCUT2D eigenvalue weighted by atomic mass is 9.97.